The van der Waals surface area contributed by atoms with E-state index >= 15 is 0 Å². The van der Waals surface area contributed by atoms with Gasteiger partial charge < -0.3 is 20.1 Å². The van der Waals surface area contributed by atoms with Crippen LogP contribution < -0.4 is 5.32 Å². The summed E-state index contributed by atoms with van der Waals surface area (Å²) in [7, 11) is 0. The Morgan fingerprint density at radius 2 is 2.17 bits per heavy atom. The summed E-state index contributed by atoms with van der Waals surface area (Å²) in [5, 5.41) is 12.7. The lowest BCUT2D eigenvalue weighted by Gasteiger charge is -2.37. The van der Waals surface area contributed by atoms with Gasteiger partial charge in [0.05, 0.1) is 31.4 Å². The normalized spacial score (nSPS) is 20.9. The molecule has 128 valence electrons. The van der Waals surface area contributed by atoms with E-state index in [1.165, 1.54) is 11.1 Å². The standard InChI is InChI=1S/C18H28N2O3/c1-12-6-5-7-17(14(12)3)15(4)19-18(22)20-8-9-23-11-16(20)10-13(2)21/h5-7,13,15-16,21H,8-11H2,1-4H3,(H,19,22)/t13-,15-,16-/m0/s1. The lowest BCUT2D eigenvalue weighted by atomic mass is 9.98. The number of carbonyl (C=O) groups excluding carboxylic acids is 1. The van der Waals surface area contributed by atoms with Crippen molar-refractivity contribution in [1.29, 1.82) is 0 Å². The van der Waals surface area contributed by atoms with Gasteiger partial charge in [-0.05, 0) is 50.8 Å². The molecule has 5 heteroatoms. The maximum Gasteiger partial charge on any atom is 0.318 e. The Labute approximate surface area is 138 Å². The first kappa shape index (κ1) is 17.8. The zero-order valence-electron chi connectivity index (χ0n) is 14.5. The largest absolute Gasteiger partial charge is 0.393 e. The molecule has 1 aliphatic rings. The average molecular weight is 320 g/mol. The van der Waals surface area contributed by atoms with Gasteiger partial charge in [-0.25, -0.2) is 4.79 Å². The number of nitrogens with zero attached hydrogens (tertiary/aromatic N) is 1. The van der Waals surface area contributed by atoms with Crippen molar-refractivity contribution in [3.8, 4) is 0 Å². The maximum absolute atomic E-state index is 12.6. The summed E-state index contributed by atoms with van der Waals surface area (Å²) in [5.41, 5.74) is 3.57. The van der Waals surface area contributed by atoms with Gasteiger partial charge in [-0.1, -0.05) is 18.2 Å². The SMILES string of the molecule is Cc1cccc([C@H](C)NC(=O)N2CCOC[C@@H]2C[C@H](C)O)c1C. The monoisotopic (exact) mass is 320 g/mol. The van der Waals surface area contributed by atoms with Gasteiger partial charge in [-0.15, -0.1) is 0 Å². The van der Waals surface area contributed by atoms with Gasteiger partial charge in [0.15, 0.2) is 0 Å². The zero-order chi connectivity index (χ0) is 17.0. The van der Waals surface area contributed by atoms with Crippen LogP contribution in [-0.4, -0.2) is 47.9 Å². The molecule has 2 amide bonds. The molecule has 0 saturated carbocycles. The summed E-state index contributed by atoms with van der Waals surface area (Å²) in [4.78, 5) is 14.4. The summed E-state index contributed by atoms with van der Waals surface area (Å²) in [5.74, 6) is 0. The summed E-state index contributed by atoms with van der Waals surface area (Å²) >= 11 is 0. The number of urea groups is 1. The second-order valence-corrected chi connectivity index (χ2v) is 6.47. The van der Waals surface area contributed by atoms with Gasteiger partial charge in [-0.3, -0.25) is 0 Å². The highest BCUT2D eigenvalue weighted by Crippen LogP contribution is 2.21. The number of nitrogens with one attached hydrogen (secondary N) is 1. The van der Waals surface area contributed by atoms with Crippen LogP contribution in [0.2, 0.25) is 0 Å². The highest BCUT2D eigenvalue weighted by Gasteiger charge is 2.29. The fourth-order valence-corrected chi connectivity index (χ4v) is 3.10. The van der Waals surface area contributed by atoms with Crippen molar-refractivity contribution in [1.82, 2.24) is 10.2 Å². The number of morpholine rings is 1. The molecule has 0 bridgehead atoms. The Kier molecular flexibility index (Phi) is 6.02. The van der Waals surface area contributed by atoms with E-state index in [4.69, 9.17) is 4.74 Å². The maximum atomic E-state index is 12.6. The van der Waals surface area contributed by atoms with Crippen LogP contribution >= 0.6 is 0 Å². The van der Waals surface area contributed by atoms with Crippen molar-refractivity contribution in [3.63, 3.8) is 0 Å². The molecule has 0 aromatic heterocycles. The molecule has 0 unspecified atom stereocenters. The van der Waals surface area contributed by atoms with Crippen molar-refractivity contribution >= 4 is 6.03 Å². The van der Waals surface area contributed by atoms with Gasteiger partial charge in [0.25, 0.3) is 0 Å². The van der Waals surface area contributed by atoms with Crippen molar-refractivity contribution in [2.45, 2.75) is 52.3 Å². The van der Waals surface area contributed by atoms with Crippen molar-refractivity contribution in [2.75, 3.05) is 19.8 Å². The number of aliphatic hydroxyl groups is 1. The van der Waals surface area contributed by atoms with Gasteiger partial charge in [-0.2, -0.15) is 0 Å². The van der Waals surface area contributed by atoms with Crippen LogP contribution in [0.25, 0.3) is 0 Å². The summed E-state index contributed by atoms with van der Waals surface area (Å²) < 4.78 is 5.46. The Hall–Kier alpha value is -1.59. The fraction of sp³-hybridized carbons (Fsp3) is 0.611. The Morgan fingerprint density at radius 3 is 2.87 bits per heavy atom. The second-order valence-electron chi connectivity index (χ2n) is 6.47. The molecule has 5 nitrogen and oxygen atoms in total. The van der Waals surface area contributed by atoms with Gasteiger partial charge in [0, 0.05) is 6.54 Å². The third kappa shape index (κ3) is 4.45. The molecule has 3 atom stereocenters. The highest BCUT2D eigenvalue weighted by molar-refractivity contribution is 5.75. The average Bonchev–Trinajstić information content (AvgIpc) is 2.49. The Bertz CT molecular complexity index is 545. The minimum atomic E-state index is -0.451. The number of carbonyl (C=O) groups is 1. The number of hydrogen-bond acceptors (Lipinski definition) is 3. The first-order chi connectivity index (χ1) is 10.9. The minimum Gasteiger partial charge on any atom is -0.393 e. The van der Waals surface area contributed by atoms with E-state index < -0.39 is 6.10 Å². The molecule has 23 heavy (non-hydrogen) atoms. The minimum absolute atomic E-state index is 0.0579. The van der Waals surface area contributed by atoms with Gasteiger partial charge in [0.2, 0.25) is 0 Å². The highest BCUT2D eigenvalue weighted by atomic mass is 16.5. The topological polar surface area (TPSA) is 61.8 Å². The van der Waals surface area contributed by atoms with Crippen LogP contribution in [0.4, 0.5) is 4.79 Å². The number of benzene rings is 1. The molecule has 0 aliphatic carbocycles. The molecular weight excluding hydrogens is 292 g/mol. The predicted octanol–water partition coefficient (Wildman–Crippen LogP) is 2.55. The summed E-state index contributed by atoms with van der Waals surface area (Å²) in [6.07, 6.45) is 0.0825. The van der Waals surface area contributed by atoms with Crippen molar-refractivity contribution < 1.29 is 14.6 Å². The molecule has 2 rings (SSSR count). The fourth-order valence-electron chi connectivity index (χ4n) is 3.10. The first-order valence-corrected chi connectivity index (χ1v) is 8.29. The molecule has 1 aliphatic heterocycles. The van der Waals surface area contributed by atoms with E-state index in [0.29, 0.717) is 26.2 Å². The number of ether oxygens (including phenoxy) is 1. The lowest BCUT2D eigenvalue weighted by molar-refractivity contribution is -0.00474. The van der Waals surface area contributed by atoms with Gasteiger partial charge >= 0.3 is 6.03 Å². The molecule has 1 aromatic rings. The van der Waals surface area contributed by atoms with E-state index in [0.717, 1.165) is 5.56 Å². The molecule has 0 radical (unpaired) electrons. The number of hydrogen-bond donors (Lipinski definition) is 2. The molecule has 2 N–H and O–H groups in total. The third-order valence-electron chi connectivity index (χ3n) is 4.55. The van der Waals surface area contributed by atoms with Gasteiger partial charge in [0.1, 0.15) is 0 Å². The molecule has 1 heterocycles. The molecule has 0 spiro atoms. The summed E-state index contributed by atoms with van der Waals surface area (Å²) in [6, 6.07) is 5.93. The predicted molar refractivity (Wildman–Crippen MR) is 90.5 cm³/mol. The van der Waals surface area contributed by atoms with E-state index in [9.17, 15) is 9.90 Å². The molecule has 1 aromatic carbocycles. The molecule has 1 fully saturated rings. The summed E-state index contributed by atoms with van der Waals surface area (Å²) in [6.45, 7) is 9.49. The van der Waals surface area contributed by atoms with Crippen LogP contribution in [-0.2, 0) is 4.74 Å². The number of aliphatic hydroxyl groups excluding tert-OH is 1. The quantitative estimate of drug-likeness (QED) is 0.896. The zero-order valence-corrected chi connectivity index (χ0v) is 14.5. The molecular formula is C18H28N2O3. The third-order valence-corrected chi connectivity index (χ3v) is 4.55. The second kappa shape index (κ2) is 7.79. The van der Waals surface area contributed by atoms with Crippen LogP contribution in [0.1, 0.15) is 43.0 Å². The first-order valence-electron chi connectivity index (χ1n) is 8.29. The van der Waals surface area contributed by atoms with E-state index in [1.54, 1.807) is 11.8 Å². The van der Waals surface area contributed by atoms with Crippen LogP contribution in [0.3, 0.4) is 0 Å². The van der Waals surface area contributed by atoms with Crippen LogP contribution in [0.15, 0.2) is 18.2 Å². The Balaban J connectivity index is 2.05. The molecule has 1 saturated heterocycles. The smallest absolute Gasteiger partial charge is 0.318 e. The van der Waals surface area contributed by atoms with Crippen molar-refractivity contribution in [3.05, 3.63) is 34.9 Å². The van der Waals surface area contributed by atoms with Crippen LogP contribution in [0.5, 0.6) is 0 Å². The number of rotatable bonds is 4. The number of aryl methyl sites for hydroxylation is 1. The van der Waals surface area contributed by atoms with Crippen molar-refractivity contribution in [2.24, 2.45) is 0 Å². The lowest BCUT2D eigenvalue weighted by Crippen LogP contribution is -2.53. The van der Waals surface area contributed by atoms with E-state index in [-0.39, 0.29) is 18.1 Å². The van der Waals surface area contributed by atoms with E-state index in [2.05, 4.69) is 31.3 Å². The number of amides is 2. The van der Waals surface area contributed by atoms with E-state index in [1.807, 2.05) is 13.0 Å². The van der Waals surface area contributed by atoms with Crippen LogP contribution in [0, 0.1) is 13.8 Å². The Morgan fingerprint density at radius 1 is 1.43 bits per heavy atom.